The predicted molar refractivity (Wildman–Crippen MR) is 74.8 cm³/mol. The lowest BCUT2D eigenvalue weighted by Gasteiger charge is -2.17. The van der Waals surface area contributed by atoms with Gasteiger partial charge in [0.15, 0.2) is 0 Å². The maximum atomic E-state index is 5.91. The summed E-state index contributed by atoms with van der Waals surface area (Å²) < 4.78 is 0. The first-order valence-corrected chi connectivity index (χ1v) is 6.57. The van der Waals surface area contributed by atoms with Gasteiger partial charge in [0.2, 0.25) is 0 Å². The molecule has 0 spiro atoms. The number of aromatic nitrogens is 1. The van der Waals surface area contributed by atoms with E-state index in [1.807, 2.05) is 11.2 Å². The SMILES string of the molecule is CCCN(N)Cc1cc(C2C=CC=CC2)ccn1. The van der Waals surface area contributed by atoms with E-state index in [0.717, 1.165) is 25.1 Å². The van der Waals surface area contributed by atoms with Crippen LogP contribution in [0.3, 0.4) is 0 Å². The molecule has 1 unspecified atom stereocenters. The first-order valence-electron chi connectivity index (χ1n) is 6.57. The predicted octanol–water partition coefficient (Wildman–Crippen LogP) is 2.77. The van der Waals surface area contributed by atoms with Crippen LogP contribution in [0.4, 0.5) is 0 Å². The lowest BCUT2D eigenvalue weighted by atomic mass is 9.93. The zero-order valence-electron chi connectivity index (χ0n) is 10.9. The van der Waals surface area contributed by atoms with E-state index in [1.165, 1.54) is 5.56 Å². The number of nitrogens with two attached hydrogens (primary N) is 1. The van der Waals surface area contributed by atoms with E-state index < -0.39 is 0 Å². The van der Waals surface area contributed by atoms with Crippen molar-refractivity contribution < 1.29 is 0 Å². The Morgan fingerprint density at radius 1 is 1.44 bits per heavy atom. The van der Waals surface area contributed by atoms with Crippen molar-refractivity contribution in [1.82, 2.24) is 9.99 Å². The van der Waals surface area contributed by atoms with Gasteiger partial charge in [-0.15, -0.1) is 0 Å². The molecule has 0 aromatic carbocycles. The normalized spacial score (nSPS) is 18.5. The molecule has 0 amide bonds. The molecule has 96 valence electrons. The van der Waals surface area contributed by atoms with E-state index in [1.54, 1.807) is 0 Å². The highest BCUT2D eigenvalue weighted by Gasteiger charge is 2.10. The third-order valence-electron chi connectivity index (χ3n) is 3.13. The molecule has 0 saturated carbocycles. The summed E-state index contributed by atoms with van der Waals surface area (Å²) >= 11 is 0. The molecule has 0 fully saturated rings. The van der Waals surface area contributed by atoms with Crippen LogP contribution >= 0.6 is 0 Å². The smallest absolute Gasteiger partial charge is 0.0561 e. The molecule has 0 aliphatic heterocycles. The molecule has 0 saturated heterocycles. The molecule has 0 radical (unpaired) electrons. The standard InChI is InChI=1S/C15H21N3/c1-2-10-18(16)12-15-11-14(8-9-17-15)13-6-4-3-5-7-13/h3-6,8-9,11,13H,2,7,10,12,16H2,1H3. The van der Waals surface area contributed by atoms with Crippen LogP contribution in [0.15, 0.2) is 42.6 Å². The molecule has 0 bridgehead atoms. The first kappa shape index (κ1) is 13.0. The van der Waals surface area contributed by atoms with Crippen molar-refractivity contribution in [3.63, 3.8) is 0 Å². The molecule has 1 aromatic rings. The average Bonchev–Trinajstić information content (AvgIpc) is 2.40. The molecule has 1 aliphatic rings. The van der Waals surface area contributed by atoms with E-state index >= 15 is 0 Å². The van der Waals surface area contributed by atoms with Crippen LogP contribution in [0.2, 0.25) is 0 Å². The van der Waals surface area contributed by atoms with Crippen LogP contribution in [0.25, 0.3) is 0 Å². The fourth-order valence-electron chi connectivity index (χ4n) is 2.22. The molecule has 18 heavy (non-hydrogen) atoms. The van der Waals surface area contributed by atoms with Crippen molar-refractivity contribution in [3.05, 3.63) is 53.9 Å². The Morgan fingerprint density at radius 3 is 3.06 bits per heavy atom. The second-order valence-corrected chi connectivity index (χ2v) is 4.71. The summed E-state index contributed by atoms with van der Waals surface area (Å²) in [5.41, 5.74) is 2.37. The Labute approximate surface area is 109 Å². The Balaban J connectivity index is 2.05. The largest absolute Gasteiger partial charge is 0.268 e. The molecular weight excluding hydrogens is 222 g/mol. The Kier molecular flexibility index (Phi) is 4.67. The first-order chi connectivity index (χ1) is 8.79. The summed E-state index contributed by atoms with van der Waals surface area (Å²) in [7, 11) is 0. The second kappa shape index (κ2) is 6.47. The summed E-state index contributed by atoms with van der Waals surface area (Å²) in [5, 5.41) is 1.82. The Hall–Kier alpha value is -1.45. The zero-order chi connectivity index (χ0) is 12.8. The highest BCUT2D eigenvalue weighted by Crippen LogP contribution is 2.24. The lowest BCUT2D eigenvalue weighted by Crippen LogP contribution is -2.31. The summed E-state index contributed by atoms with van der Waals surface area (Å²) in [4.78, 5) is 4.39. The maximum Gasteiger partial charge on any atom is 0.0561 e. The van der Waals surface area contributed by atoms with Crippen molar-refractivity contribution in [2.45, 2.75) is 32.2 Å². The van der Waals surface area contributed by atoms with Gasteiger partial charge in [-0.3, -0.25) is 10.8 Å². The monoisotopic (exact) mass is 243 g/mol. The van der Waals surface area contributed by atoms with Crippen molar-refractivity contribution in [2.24, 2.45) is 5.84 Å². The fourth-order valence-corrected chi connectivity index (χ4v) is 2.22. The van der Waals surface area contributed by atoms with Gasteiger partial charge in [-0.25, -0.2) is 5.01 Å². The molecule has 1 aromatic heterocycles. The van der Waals surface area contributed by atoms with Crippen LogP contribution in [0.5, 0.6) is 0 Å². The van der Waals surface area contributed by atoms with Crippen LogP contribution in [-0.2, 0) is 6.54 Å². The second-order valence-electron chi connectivity index (χ2n) is 4.71. The zero-order valence-corrected chi connectivity index (χ0v) is 10.9. The summed E-state index contributed by atoms with van der Waals surface area (Å²) in [6.45, 7) is 3.74. The molecule has 3 nitrogen and oxygen atoms in total. The third kappa shape index (κ3) is 3.52. The van der Waals surface area contributed by atoms with E-state index in [9.17, 15) is 0 Å². The van der Waals surface area contributed by atoms with Gasteiger partial charge in [-0.1, -0.05) is 31.2 Å². The van der Waals surface area contributed by atoms with Crippen molar-refractivity contribution in [3.8, 4) is 0 Å². The average molecular weight is 243 g/mol. The van der Waals surface area contributed by atoms with E-state index in [4.69, 9.17) is 5.84 Å². The topological polar surface area (TPSA) is 42.1 Å². The van der Waals surface area contributed by atoms with Gasteiger partial charge in [0.1, 0.15) is 0 Å². The number of hydrogen-bond acceptors (Lipinski definition) is 3. The van der Waals surface area contributed by atoms with Gasteiger partial charge in [0, 0.05) is 18.7 Å². The van der Waals surface area contributed by atoms with Gasteiger partial charge < -0.3 is 0 Å². The molecule has 3 heteroatoms. The molecular formula is C15H21N3. The Bertz CT molecular complexity index is 437. The van der Waals surface area contributed by atoms with Crippen LogP contribution in [-0.4, -0.2) is 16.5 Å². The van der Waals surface area contributed by atoms with Crippen LogP contribution in [0, 0.1) is 0 Å². The number of nitrogens with zero attached hydrogens (tertiary/aromatic N) is 2. The van der Waals surface area contributed by atoms with Crippen molar-refractivity contribution >= 4 is 0 Å². The van der Waals surface area contributed by atoms with Crippen LogP contribution < -0.4 is 5.84 Å². The minimum Gasteiger partial charge on any atom is -0.268 e. The van der Waals surface area contributed by atoms with Crippen molar-refractivity contribution in [2.75, 3.05) is 6.54 Å². The summed E-state index contributed by atoms with van der Waals surface area (Å²) in [6.07, 6.45) is 12.7. The molecule has 1 atom stereocenters. The number of rotatable bonds is 5. The number of hydrogen-bond donors (Lipinski definition) is 1. The van der Waals surface area contributed by atoms with Crippen LogP contribution in [0.1, 0.15) is 36.9 Å². The number of allylic oxidation sites excluding steroid dienone is 4. The van der Waals surface area contributed by atoms with Gasteiger partial charge in [0.25, 0.3) is 0 Å². The molecule has 1 aliphatic carbocycles. The van der Waals surface area contributed by atoms with Gasteiger partial charge in [-0.05, 0) is 30.5 Å². The van der Waals surface area contributed by atoms with Crippen molar-refractivity contribution in [1.29, 1.82) is 0 Å². The van der Waals surface area contributed by atoms with Gasteiger partial charge in [0.05, 0.1) is 12.2 Å². The number of pyridine rings is 1. The van der Waals surface area contributed by atoms with E-state index in [0.29, 0.717) is 12.5 Å². The van der Waals surface area contributed by atoms with Gasteiger partial charge >= 0.3 is 0 Å². The Morgan fingerprint density at radius 2 is 2.33 bits per heavy atom. The molecule has 2 N–H and O–H groups in total. The minimum absolute atomic E-state index is 0.481. The quantitative estimate of drug-likeness (QED) is 0.638. The highest BCUT2D eigenvalue weighted by atomic mass is 15.4. The van der Waals surface area contributed by atoms with E-state index in [-0.39, 0.29) is 0 Å². The highest BCUT2D eigenvalue weighted by molar-refractivity contribution is 5.29. The number of hydrazine groups is 1. The molecule has 2 rings (SSSR count). The summed E-state index contributed by atoms with van der Waals surface area (Å²) in [5.74, 6) is 6.39. The maximum absolute atomic E-state index is 5.91. The third-order valence-corrected chi connectivity index (χ3v) is 3.13. The van der Waals surface area contributed by atoms with E-state index in [2.05, 4.69) is 48.3 Å². The minimum atomic E-state index is 0.481. The van der Waals surface area contributed by atoms with Gasteiger partial charge in [-0.2, -0.15) is 0 Å². The summed E-state index contributed by atoms with van der Waals surface area (Å²) in [6, 6.07) is 4.27. The fraction of sp³-hybridized carbons (Fsp3) is 0.400. The lowest BCUT2D eigenvalue weighted by molar-refractivity contribution is 0.272. The molecule has 1 heterocycles.